The maximum absolute atomic E-state index is 13.9. The zero-order valence-electron chi connectivity index (χ0n) is 17.3. The van der Waals surface area contributed by atoms with Crippen LogP contribution in [0.1, 0.15) is 40.9 Å². The van der Waals surface area contributed by atoms with Crippen molar-refractivity contribution in [2.24, 2.45) is 5.41 Å². The van der Waals surface area contributed by atoms with Crippen LogP contribution < -0.4 is 0 Å². The summed E-state index contributed by atoms with van der Waals surface area (Å²) in [5.74, 6) is -0.792. The van der Waals surface area contributed by atoms with E-state index in [1.54, 1.807) is 0 Å². The number of esters is 1. The molecule has 2 aromatic carbocycles. The molecule has 1 atom stereocenters. The largest absolute Gasteiger partial charge is 0.461 e. The molecule has 0 fully saturated rings. The average Bonchev–Trinajstić information content (AvgIpc) is 3.12. The molecular formula is C26H24N2O3. The molecule has 5 nitrogen and oxygen atoms in total. The number of ketones is 1. The van der Waals surface area contributed by atoms with E-state index in [4.69, 9.17) is 10.00 Å². The fourth-order valence-electron chi connectivity index (χ4n) is 4.58. The molecule has 4 rings (SSSR count). The zero-order valence-corrected chi connectivity index (χ0v) is 17.3. The number of para-hydroxylation sites is 1. The summed E-state index contributed by atoms with van der Waals surface area (Å²) in [5, 5.41) is 10.0. The molecule has 0 N–H and O–H groups in total. The number of nitrogens with zero attached hydrogens (tertiary/aromatic N) is 2. The summed E-state index contributed by atoms with van der Waals surface area (Å²) in [4.78, 5) is 26.9. The van der Waals surface area contributed by atoms with Crippen molar-refractivity contribution in [1.82, 2.24) is 4.57 Å². The van der Waals surface area contributed by atoms with Gasteiger partial charge in [-0.05, 0) is 30.9 Å². The van der Waals surface area contributed by atoms with Crippen LogP contribution in [0.15, 0.2) is 67.3 Å². The second-order valence-electron chi connectivity index (χ2n) is 7.87. The summed E-state index contributed by atoms with van der Waals surface area (Å²) in [6.45, 7) is 4.28. The van der Waals surface area contributed by atoms with Crippen molar-refractivity contribution in [3.8, 4) is 6.07 Å². The Balaban J connectivity index is 1.84. The SMILES string of the molecule is C=CCOC(=O)C1(CCC#N)CCc2c(c3ccccc3n2Cc2ccccc2)C1=O. The average molecular weight is 412 g/mol. The van der Waals surface area contributed by atoms with Gasteiger partial charge < -0.3 is 9.30 Å². The maximum Gasteiger partial charge on any atom is 0.320 e. The van der Waals surface area contributed by atoms with E-state index < -0.39 is 11.4 Å². The van der Waals surface area contributed by atoms with Crippen molar-refractivity contribution in [1.29, 1.82) is 5.26 Å². The second kappa shape index (κ2) is 8.61. The van der Waals surface area contributed by atoms with E-state index >= 15 is 0 Å². The van der Waals surface area contributed by atoms with E-state index in [1.165, 1.54) is 6.08 Å². The van der Waals surface area contributed by atoms with Gasteiger partial charge in [0, 0.05) is 35.1 Å². The van der Waals surface area contributed by atoms with E-state index in [-0.39, 0.29) is 25.2 Å². The number of ether oxygens (including phenoxy) is 1. The summed E-state index contributed by atoms with van der Waals surface area (Å²) in [6, 6.07) is 20.0. The summed E-state index contributed by atoms with van der Waals surface area (Å²) < 4.78 is 7.52. The minimum absolute atomic E-state index is 0.0447. The number of hydrogen-bond donors (Lipinski definition) is 0. The van der Waals surface area contributed by atoms with Gasteiger partial charge in [-0.1, -0.05) is 61.2 Å². The monoisotopic (exact) mass is 412 g/mol. The number of carbonyl (C=O) groups excluding carboxylic acids is 2. The highest BCUT2D eigenvalue weighted by Crippen LogP contribution is 2.44. The van der Waals surface area contributed by atoms with Crippen LogP contribution in [0.2, 0.25) is 0 Å². The Kier molecular flexibility index (Phi) is 5.73. The Morgan fingerprint density at radius 2 is 1.94 bits per heavy atom. The van der Waals surface area contributed by atoms with Gasteiger partial charge >= 0.3 is 5.97 Å². The van der Waals surface area contributed by atoms with Gasteiger partial charge in [0.25, 0.3) is 0 Å². The number of benzene rings is 2. The zero-order chi connectivity index (χ0) is 21.8. The molecule has 31 heavy (non-hydrogen) atoms. The van der Waals surface area contributed by atoms with Crippen molar-refractivity contribution in [3.63, 3.8) is 0 Å². The lowest BCUT2D eigenvalue weighted by atomic mass is 9.69. The molecule has 1 aromatic heterocycles. The first-order valence-corrected chi connectivity index (χ1v) is 10.5. The smallest absolute Gasteiger partial charge is 0.320 e. The van der Waals surface area contributed by atoms with Gasteiger partial charge in [-0.25, -0.2) is 0 Å². The molecule has 1 aliphatic carbocycles. The highest BCUT2D eigenvalue weighted by Gasteiger charge is 2.51. The van der Waals surface area contributed by atoms with Crippen LogP contribution in [0.25, 0.3) is 10.9 Å². The molecule has 0 amide bonds. The molecule has 0 aliphatic heterocycles. The van der Waals surface area contributed by atoms with Gasteiger partial charge in [0.05, 0.1) is 6.07 Å². The molecule has 156 valence electrons. The third-order valence-corrected chi connectivity index (χ3v) is 6.10. The third-order valence-electron chi connectivity index (χ3n) is 6.10. The summed E-state index contributed by atoms with van der Waals surface area (Å²) in [7, 11) is 0. The quantitative estimate of drug-likeness (QED) is 0.316. The van der Waals surface area contributed by atoms with E-state index in [0.29, 0.717) is 24.9 Å². The molecule has 0 saturated carbocycles. The van der Waals surface area contributed by atoms with Gasteiger partial charge in [0.2, 0.25) is 0 Å². The van der Waals surface area contributed by atoms with Crippen molar-refractivity contribution in [2.45, 2.75) is 32.2 Å². The van der Waals surface area contributed by atoms with Crippen molar-refractivity contribution >= 4 is 22.7 Å². The molecular weight excluding hydrogens is 388 g/mol. The number of nitriles is 1. The van der Waals surface area contributed by atoms with Gasteiger partial charge in [0.15, 0.2) is 5.78 Å². The van der Waals surface area contributed by atoms with Crippen LogP contribution in [0.4, 0.5) is 0 Å². The standard InChI is InChI=1S/C26H24N2O3/c1-2-17-31-25(30)26(14-8-16-27)15-13-22-23(24(26)29)20-11-6-7-12-21(20)28(22)18-19-9-4-3-5-10-19/h2-7,9-12H,1,8,13-15,17-18H2. The fraction of sp³-hybridized carbons (Fsp3) is 0.269. The van der Waals surface area contributed by atoms with Crippen LogP contribution in [0.3, 0.4) is 0 Å². The Hall–Kier alpha value is -3.65. The Morgan fingerprint density at radius 1 is 1.19 bits per heavy atom. The van der Waals surface area contributed by atoms with Crippen LogP contribution in [-0.2, 0) is 22.5 Å². The van der Waals surface area contributed by atoms with E-state index in [1.807, 2.05) is 42.5 Å². The summed E-state index contributed by atoms with van der Waals surface area (Å²) >= 11 is 0. The Morgan fingerprint density at radius 3 is 2.68 bits per heavy atom. The van der Waals surface area contributed by atoms with Crippen molar-refractivity contribution in [3.05, 3.63) is 84.1 Å². The molecule has 0 bridgehead atoms. The molecule has 0 saturated heterocycles. The minimum atomic E-state index is -1.33. The topological polar surface area (TPSA) is 72.1 Å². The van der Waals surface area contributed by atoms with Crippen LogP contribution in [-0.4, -0.2) is 22.9 Å². The number of hydrogen-bond acceptors (Lipinski definition) is 4. The Labute approximate surface area is 181 Å². The van der Waals surface area contributed by atoms with Gasteiger partial charge in [-0.15, -0.1) is 0 Å². The van der Waals surface area contributed by atoms with Crippen molar-refractivity contribution < 1.29 is 14.3 Å². The highest BCUT2D eigenvalue weighted by atomic mass is 16.5. The number of aromatic nitrogens is 1. The minimum Gasteiger partial charge on any atom is -0.461 e. The molecule has 0 radical (unpaired) electrons. The van der Waals surface area contributed by atoms with Gasteiger partial charge in [-0.2, -0.15) is 5.26 Å². The molecule has 3 aromatic rings. The second-order valence-corrected chi connectivity index (χ2v) is 7.87. The summed E-state index contributed by atoms with van der Waals surface area (Å²) in [5.41, 5.74) is 2.32. The van der Waals surface area contributed by atoms with E-state index in [9.17, 15) is 9.59 Å². The fourth-order valence-corrected chi connectivity index (χ4v) is 4.58. The highest BCUT2D eigenvalue weighted by molar-refractivity contribution is 6.20. The first-order valence-electron chi connectivity index (χ1n) is 10.5. The van der Waals surface area contributed by atoms with Crippen molar-refractivity contribution in [2.75, 3.05) is 6.61 Å². The molecule has 5 heteroatoms. The molecule has 1 aliphatic rings. The third kappa shape index (κ3) is 3.55. The first-order chi connectivity index (χ1) is 15.1. The van der Waals surface area contributed by atoms with E-state index in [2.05, 4.69) is 29.3 Å². The Bertz CT molecular complexity index is 1190. The molecule has 0 spiro atoms. The lowest BCUT2D eigenvalue weighted by molar-refractivity contribution is -0.152. The van der Waals surface area contributed by atoms with Gasteiger partial charge in [0.1, 0.15) is 12.0 Å². The first kappa shape index (κ1) is 20.6. The lowest BCUT2D eigenvalue weighted by Gasteiger charge is -2.33. The number of fused-ring (bicyclic) bond motifs is 3. The number of Topliss-reactive ketones (excluding diaryl/α,β-unsaturated/α-hetero) is 1. The van der Waals surface area contributed by atoms with Crippen LogP contribution >= 0.6 is 0 Å². The predicted octanol–water partition coefficient (Wildman–Crippen LogP) is 4.84. The summed E-state index contributed by atoms with van der Waals surface area (Å²) in [6.07, 6.45) is 2.67. The van der Waals surface area contributed by atoms with Gasteiger partial charge in [-0.3, -0.25) is 9.59 Å². The number of carbonyl (C=O) groups is 2. The predicted molar refractivity (Wildman–Crippen MR) is 119 cm³/mol. The lowest BCUT2D eigenvalue weighted by Crippen LogP contribution is -2.44. The molecule has 1 unspecified atom stereocenters. The number of rotatable bonds is 7. The molecule has 1 heterocycles. The maximum atomic E-state index is 13.9. The van der Waals surface area contributed by atoms with Crippen LogP contribution in [0, 0.1) is 16.7 Å². The van der Waals surface area contributed by atoms with Crippen LogP contribution in [0.5, 0.6) is 0 Å². The normalized spacial score (nSPS) is 17.7. The van der Waals surface area contributed by atoms with E-state index in [0.717, 1.165) is 22.2 Å².